The summed E-state index contributed by atoms with van der Waals surface area (Å²) in [7, 11) is 0. The van der Waals surface area contributed by atoms with Gasteiger partial charge in [-0.15, -0.1) is 6.58 Å². The van der Waals surface area contributed by atoms with Gasteiger partial charge in [-0.3, -0.25) is 4.79 Å². The smallest absolute Gasteiger partial charge is 0.251 e. The van der Waals surface area contributed by atoms with E-state index in [1.54, 1.807) is 6.08 Å². The number of nitrogens with two attached hydrogens (primary N) is 1. The lowest BCUT2D eigenvalue weighted by atomic mass is 10.2. The van der Waals surface area contributed by atoms with Crippen molar-refractivity contribution in [2.75, 3.05) is 12.3 Å². The number of nitrogens with one attached hydrogen (secondary N) is 1. The number of hydrogen-bond acceptors (Lipinski definition) is 2. The second-order valence-electron chi connectivity index (χ2n) is 2.73. The summed E-state index contributed by atoms with van der Waals surface area (Å²) in [5, 5.41) is 2.56. The summed E-state index contributed by atoms with van der Waals surface area (Å²) in [4.78, 5) is 11.3. The van der Waals surface area contributed by atoms with Crippen molar-refractivity contribution in [3.63, 3.8) is 0 Å². The van der Waals surface area contributed by atoms with Crippen molar-refractivity contribution >= 4 is 11.6 Å². The molecule has 4 heteroatoms. The highest BCUT2D eigenvalue weighted by Gasteiger charge is 2.06. The molecule has 0 atom stereocenters. The van der Waals surface area contributed by atoms with Gasteiger partial charge in [-0.25, -0.2) is 4.39 Å². The molecule has 14 heavy (non-hydrogen) atoms. The van der Waals surface area contributed by atoms with Gasteiger partial charge < -0.3 is 11.1 Å². The maximum Gasteiger partial charge on any atom is 0.251 e. The van der Waals surface area contributed by atoms with Crippen molar-refractivity contribution in [1.82, 2.24) is 5.32 Å². The minimum atomic E-state index is -0.523. The van der Waals surface area contributed by atoms with E-state index in [0.717, 1.165) is 6.07 Å². The average molecular weight is 194 g/mol. The first-order valence-electron chi connectivity index (χ1n) is 4.09. The van der Waals surface area contributed by atoms with Crippen LogP contribution in [0.3, 0.4) is 0 Å². The SMILES string of the molecule is C=CCNC(=O)c1ccc(F)c(N)c1. The fourth-order valence-electron chi connectivity index (χ4n) is 0.952. The quantitative estimate of drug-likeness (QED) is 0.563. The van der Waals surface area contributed by atoms with Gasteiger partial charge in [0.1, 0.15) is 5.82 Å². The largest absolute Gasteiger partial charge is 0.396 e. The molecule has 0 fully saturated rings. The summed E-state index contributed by atoms with van der Waals surface area (Å²) in [5.74, 6) is -0.818. The van der Waals surface area contributed by atoms with Crippen LogP contribution in [-0.2, 0) is 0 Å². The Kier molecular flexibility index (Phi) is 3.23. The van der Waals surface area contributed by atoms with Crippen molar-refractivity contribution in [2.24, 2.45) is 0 Å². The van der Waals surface area contributed by atoms with Gasteiger partial charge in [0, 0.05) is 12.1 Å². The van der Waals surface area contributed by atoms with Crippen molar-refractivity contribution in [2.45, 2.75) is 0 Å². The number of carbonyl (C=O) groups excluding carboxylic acids is 1. The number of benzene rings is 1. The fourth-order valence-corrected chi connectivity index (χ4v) is 0.952. The van der Waals surface area contributed by atoms with Crippen molar-refractivity contribution in [1.29, 1.82) is 0 Å². The molecule has 3 N–H and O–H groups in total. The van der Waals surface area contributed by atoms with Crippen LogP contribution >= 0.6 is 0 Å². The van der Waals surface area contributed by atoms with Gasteiger partial charge in [0.05, 0.1) is 5.69 Å². The molecule has 0 aliphatic rings. The van der Waals surface area contributed by atoms with E-state index in [4.69, 9.17) is 5.73 Å². The molecule has 1 aromatic rings. The normalized spacial score (nSPS) is 9.50. The fraction of sp³-hybridized carbons (Fsp3) is 0.100. The third-order valence-electron chi connectivity index (χ3n) is 1.67. The molecule has 0 saturated heterocycles. The van der Waals surface area contributed by atoms with E-state index in [1.807, 2.05) is 0 Å². The van der Waals surface area contributed by atoms with Crippen LogP contribution in [0.25, 0.3) is 0 Å². The second-order valence-corrected chi connectivity index (χ2v) is 2.73. The van der Waals surface area contributed by atoms with Crippen LogP contribution in [0.4, 0.5) is 10.1 Å². The topological polar surface area (TPSA) is 55.1 Å². The van der Waals surface area contributed by atoms with Gasteiger partial charge in [-0.1, -0.05) is 6.08 Å². The van der Waals surface area contributed by atoms with E-state index in [2.05, 4.69) is 11.9 Å². The zero-order chi connectivity index (χ0) is 10.6. The Balaban J connectivity index is 2.80. The number of halogens is 1. The molecular formula is C10H11FN2O. The summed E-state index contributed by atoms with van der Waals surface area (Å²) < 4.78 is 12.7. The van der Waals surface area contributed by atoms with Gasteiger partial charge in [-0.2, -0.15) is 0 Å². The molecule has 0 radical (unpaired) electrons. The molecule has 0 aliphatic carbocycles. The molecule has 0 heterocycles. The maximum atomic E-state index is 12.7. The predicted octanol–water partition coefficient (Wildman–Crippen LogP) is 1.32. The minimum Gasteiger partial charge on any atom is -0.396 e. The Hall–Kier alpha value is -1.84. The van der Waals surface area contributed by atoms with Gasteiger partial charge in [-0.05, 0) is 18.2 Å². The summed E-state index contributed by atoms with van der Waals surface area (Å²) in [6.07, 6.45) is 1.56. The summed E-state index contributed by atoms with van der Waals surface area (Å²) in [5.41, 5.74) is 5.62. The number of amides is 1. The van der Waals surface area contributed by atoms with Crippen molar-refractivity contribution in [3.8, 4) is 0 Å². The van der Waals surface area contributed by atoms with Gasteiger partial charge in [0.25, 0.3) is 5.91 Å². The van der Waals surface area contributed by atoms with E-state index in [9.17, 15) is 9.18 Å². The van der Waals surface area contributed by atoms with E-state index < -0.39 is 5.82 Å². The standard InChI is InChI=1S/C10H11FN2O/c1-2-5-13-10(14)7-3-4-8(11)9(12)6-7/h2-4,6H,1,5,12H2,(H,13,14). The third-order valence-corrected chi connectivity index (χ3v) is 1.67. The number of carbonyl (C=O) groups is 1. The van der Waals surface area contributed by atoms with Crippen LogP contribution in [0.5, 0.6) is 0 Å². The Labute approximate surface area is 81.4 Å². The van der Waals surface area contributed by atoms with E-state index in [0.29, 0.717) is 12.1 Å². The van der Waals surface area contributed by atoms with Crippen LogP contribution in [0.1, 0.15) is 10.4 Å². The van der Waals surface area contributed by atoms with E-state index in [1.165, 1.54) is 12.1 Å². The molecule has 1 amide bonds. The van der Waals surface area contributed by atoms with Crippen LogP contribution in [0.15, 0.2) is 30.9 Å². The lowest BCUT2D eigenvalue weighted by Gasteiger charge is -2.03. The predicted molar refractivity (Wildman–Crippen MR) is 53.3 cm³/mol. The van der Waals surface area contributed by atoms with Crippen LogP contribution in [-0.4, -0.2) is 12.5 Å². The Bertz CT molecular complexity index is 363. The zero-order valence-corrected chi connectivity index (χ0v) is 7.59. The average Bonchev–Trinajstić information content (AvgIpc) is 2.18. The number of anilines is 1. The van der Waals surface area contributed by atoms with Gasteiger partial charge in [0.2, 0.25) is 0 Å². The Morgan fingerprint density at radius 2 is 2.36 bits per heavy atom. The van der Waals surface area contributed by atoms with Crippen LogP contribution < -0.4 is 11.1 Å². The highest BCUT2D eigenvalue weighted by Crippen LogP contribution is 2.11. The molecule has 0 unspecified atom stereocenters. The van der Waals surface area contributed by atoms with Crippen LogP contribution in [0.2, 0.25) is 0 Å². The molecular weight excluding hydrogens is 183 g/mol. The summed E-state index contributed by atoms with van der Waals surface area (Å²) in [6.45, 7) is 3.83. The summed E-state index contributed by atoms with van der Waals surface area (Å²) >= 11 is 0. The molecule has 0 saturated carbocycles. The first-order chi connectivity index (χ1) is 6.65. The molecule has 0 bridgehead atoms. The van der Waals surface area contributed by atoms with Gasteiger partial charge >= 0.3 is 0 Å². The minimum absolute atomic E-state index is 0.0312. The molecule has 0 aromatic heterocycles. The highest BCUT2D eigenvalue weighted by molar-refractivity contribution is 5.95. The zero-order valence-electron chi connectivity index (χ0n) is 7.59. The van der Waals surface area contributed by atoms with Crippen LogP contribution in [0, 0.1) is 5.82 Å². The second kappa shape index (κ2) is 4.41. The number of hydrogen-bond donors (Lipinski definition) is 2. The van der Waals surface area contributed by atoms with Crippen molar-refractivity contribution < 1.29 is 9.18 Å². The molecule has 0 aliphatic heterocycles. The maximum absolute atomic E-state index is 12.7. The monoisotopic (exact) mass is 194 g/mol. The Morgan fingerprint density at radius 3 is 2.93 bits per heavy atom. The molecule has 1 rings (SSSR count). The number of rotatable bonds is 3. The van der Waals surface area contributed by atoms with Crippen molar-refractivity contribution in [3.05, 3.63) is 42.2 Å². The molecule has 74 valence electrons. The number of nitrogen functional groups attached to an aromatic ring is 1. The van der Waals surface area contributed by atoms with E-state index in [-0.39, 0.29) is 11.6 Å². The Morgan fingerprint density at radius 1 is 1.64 bits per heavy atom. The first kappa shape index (κ1) is 10.2. The molecule has 1 aromatic carbocycles. The lowest BCUT2D eigenvalue weighted by Crippen LogP contribution is -2.23. The first-order valence-corrected chi connectivity index (χ1v) is 4.09. The highest BCUT2D eigenvalue weighted by atomic mass is 19.1. The lowest BCUT2D eigenvalue weighted by molar-refractivity contribution is 0.0958. The summed E-state index contributed by atoms with van der Waals surface area (Å²) in [6, 6.07) is 3.84. The molecule has 3 nitrogen and oxygen atoms in total. The molecule has 0 spiro atoms. The van der Waals surface area contributed by atoms with E-state index >= 15 is 0 Å². The van der Waals surface area contributed by atoms with Gasteiger partial charge in [0.15, 0.2) is 0 Å². The third kappa shape index (κ3) is 2.32.